The fraction of sp³-hybridized carbons (Fsp3) is 0. The molecule has 11 rings (SSSR count). The first-order valence-corrected chi connectivity index (χ1v) is 16.9. The Kier molecular flexibility index (Phi) is 5.86. The highest BCUT2D eigenvalue weighted by atomic mass is 16.3. The van der Waals surface area contributed by atoms with Crippen LogP contribution in [0.5, 0.6) is 0 Å². The first kappa shape index (κ1) is 27.9. The predicted octanol–water partition coefficient (Wildman–Crippen LogP) is 11.8. The summed E-state index contributed by atoms with van der Waals surface area (Å²) in [6.07, 6.45) is 0. The predicted molar refractivity (Wildman–Crippen MR) is 205 cm³/mol. The van der Waals surface area contributed by atoms with Gasteiger partial charge < -0.3 is 13.4 Å². The smallest absolute Gasteiger partial charge is 0.164 e. The van der Waals surface area contributed by atoms with Crippen molar-refractivity contribution in [3.8, 4) is 39.9 Å². The van der Waals surface area contributed by atoms with Crippen LogP contribution in [0.25, 0.3) is 106 Å². The van der Waals surface area contributed by atoms with Crippen molar-refractivity contribution in [2.45, 2.75) is 0 Å². The van der Waals surface area contributed by atoms with Crippen LogP contribution in [-0.2, 0) is 0 Å². The van der Waals surface area contributed by atoms with Gasteiger partial charge in [-0.15, -0.1) is 0 Å². The zero-order chi connectivity index (χ0) is 33.5. The van der Waals surface area contributed by atoms with Gasteiger partial charge in [0.1, 0.15) is 22.3 Å². The minimum atomic E-state index is 0.580. The van der Waals surface area contributed by atoms with Crippen LogP contribution in [0, 0.1) is 0 Å². The average Bonchev–Trinajstić information content (AvgIpc) is 3.87. The lowest BCUT2D eigenvalue weighted by atomic mass is 10.0. The van der Waals surface area contributed by atoms with Gasteiger partial charge in [-0.25, -0.2) is 15.0 Å². The van der Waals surface area contributed by atoms with Crippen molar-refractivity contribution in [3.63, 3.8) is 0 Å². The van der Waals surface area contributed by atoms with E-state index in [1.807, 2.05) is 66.7 Å². The molecule has 4 heterocycles. The van der Waals surface area contributed by atoms with Crippen LogP contribution >= 0.6 is 0 Å². The summed E-state index contributed by atoms with van der Waals surface area (Å²) in [5, 5.41) is 6.37. The highest BCUT2D eigenvalue weighted by molar-refractivity contribution is 6.12. The summed E-state index contributed by atoms with van der Waals surface area (Å²) in [7, 11) is 0. The maximum absolute atomic E-state index is 6.27. The third-order valence-electron chi connectivity index (χ3n) is 9.86. The van der Waals surface area contributed by atoms with Crippen LogP contribution in [0.1, 0.15) is 0 Å². The van der Waals surface area contributed by atoms with Gasteiger partial charge in [0, 0.05) is 54.7 Å². The summed E-state index contributed by atoms with van der Waals surface area (Å²) in [5.74, 6) is 1.75. The molecule has 0 aliphatic heterocycles. The molecule has 6 heteroatoms. The van der Waals surface area contributed by atoms with E-state index in [0.29, 0.717) is 17.5 Å². The van der Waals surface area contributed by atoms with Crippen molar-refractivity contribution >= 4 is 65.7 Å². The van der Waals surface area contributed by atoms with Crippen LogP contribution in [0.4, 0.5) is 0 Å². The molecule has 0 aliphatic rings. The summed E-state index contributed by atoms with van der Waals surface area (Å²) in [4.78, 5) is 15.5. The summed E-state index contributed by atoms with van der Waals surface area (Å²) < 4.78 is 14.7. The molecular formula is C45H26N4O2. The van der Waals surface area contributed by atoms with Crippen LogP contribution in [-0.4, -0.2) is 19.5 Å². The van der Waals surface area contributed by atoms with E-state index in [-0.39, 0.29) is 0 Å². The second-order valence-electron chi connectivity index (χ2n) is 12.8. The number of furan rings is 2. The summed E-state index contributed by atoms with van der Waals surface area (Å²) in [6.45, 7) is 0. The van der Waals surface area contributed by atoms with Gasteiger partial charge in [-0.3, -0.25) is 0 Å². The van der Waals surface area contributed by atoms with Crippen molar-refractivity contribution in [1.29, 1.82) is 0 Å². The lowest BCUT2D eigenvalue weighted by molar-refractivity contribution is 0.668. The fourth-order valence-electron chi connectivity index (χ4n) is 7.55. The Morgan fingerprint density at radius 3 is 1.76 bits per heavy atom. The topological polar surface area (TPSA) is 69.9 Å². The maximum atomic E-state index is 6.27. The average molecular weight is 655 g/mol. The van der Waals surface area contributed by atoms with E-state index in [4.69, 9.17) is 23.8 Å². The highest BCUT2D eigenvalue weighted by Crippen LogP contribution is 2.39. The van der Waals surface area contributed by atoms with E-state index < -0.39 is 0 Å². The molecule has 0 atom stereocenters. The number of hydrogen-bond acceptors (Lipinski definition) is 5. The molecule has 0 saturated heterocycles. The molecule has 0 saturated carbocycles. The molecule has 51 heavy (non-hydrogen) atoms. The van der Waals surface area contributed by atoms with Gasteiger partial charge in [0.25, 0.3) is 0 Å². The molecule has 238 valence electrons. The zero-order valence-corrected chi connectivity index (χ0v) is 27.1. The number of nitrogens with zero attached hydrogens (tertiary/aromatic N) is 4. The second-order valence-corrected chi connectivity index (χ2v) is 12.8. The van der Waals surface area contributed by atoms with E-state index >= 15 is 0 Å². The maximum Gasteiger partial charge on any atom is 0.164 e. The number of rotatable bonds is 4. The minimum Gasteiger partial charge on any atom is -0.456 e. The van der Waals surface area contributed by atoms with Crippen LogP contribution in [0.2, 0.25) is 0 Å². The van der Waals surface area contributed by atoms with Crippen LogP contribution in [0.3, 0.4) is 0 Å². The lowest BCUT2D eigenvalue weighted by Gasteiger charge is -2.10. The van der Waals surface area contributed by atoms with E-state index in [1.54, 1.807) is 0 Å². The first-order chi connectivity index (χ1) is 25.3. The van der Waals surface area contributed by atoms with Crippen molar-refractivity contribution in [3.05, 3.63) is 158 Å². The largest absolute Gasteiger partial charge is 0.456 e. The summed E-state index contributed by atoms with van der Waals surface area (Å²) in [6, 6.07) is 53.9. The van der Waals surface area contributed by atoms with Gasteiger partial charge in [0.15, 0.2) is 17.5 Å². The van der Waals surface area contributed by atoms with Gasteiger partial charge in [0.05, 0.1) is 11.0 Å². The first-order valence-electron chi connectivity index (χ1n) is 16.9. The molecule has 11 aromatic rings. The molecule has 0 bridgehead atoms. The monoisotopic (exact) mass is 654 g/mol. The van der Waals surface area contributed by atoms with Crippen molar-refractivity contribution in [2.75, 3.05) is 0 Å². The number of para-hydroxylation sites is 4. The van der Waals surface area contributed by atoms with Crippen LogP contribution < -0.4 is 0 Å². The lowest BCUT2D eigenvalue weighted by Crippen LogP contribution is -2.00. The van der Waals surface area contributed by atoms with Gasteiger partial charge in [-0.1, -0.05) is 84.9 Å². The Hall–Kier alpha value is -7.05. The SMILES string of the molecule is c1ccc(-n2c3ccccc3c3cc(-c4nc(-c5ccc6oc7ccccc7c6c5)nc(-c5cccc6oc7ccccc7c56)n4)ccc32)cc1. The van der Waals surface area contributed by atoms with E-state index in [2.05, 4.69) is 95.6 Å². The van der Waals surface area contributed by atoms with E-state index in [0.717, 1.165) is 82.7 Å². The normalized spacial score (nSPS) is 11.9. The van der Waals surface area contributed by atoms with Crippen molar-refractivity contribution in [1.82, 2.24) is 19.5 Å². The minimum absolute atomic E-state index is 0.580. The number of hydrogen-bond donors (Lipinski definition) is 0. The Bertz CT molecular complexity index is 3150. The molecule has 0 spiro atoms. The molecular weight excluding hydrogens is 629 g/mol. The molecule has 0 amide bonds. The van der Waals surface area contributed by atoms with E-state index in [9.17, 15) is 0 Å². The Balaban J connectivity index is 1.17. The van der Waals surface area contributed by atoms with Crippen molar-refractivity contribution in [2.24, 2.45) is 0 Å². The summed E-state index contributed by atoms with van der Waals surface area (Å²) in [5.41, 5.74) is 9.34. The number of aromatic nitrogens is 4. The van der Waals surface area contributed by atoms with Gasteiger partial charge >= 0.3 is 0 Å². The Morgan fingerprint density at radius 1 is 0.373 bits per heavy atom. The fourth-order valence-corrected chi connectivity index (χ4v) is 7.55. The molecule has 0 fully saturated rings. The molecule has 0 unspecified atom stereocenters. The molecule has 6 nitrogen and oxygen atoms in total. The van der Waals surface area contributed by atoms with Gasteiger partial charge in [-0.05, 0) is 72.8 Å². The highest BCUT2D eigenvalue weighted by Gasteiger charge is 2.20. The zero-order valence-electron chi connectivity index (χ0n) is 27.1. The van der Waals surface area contributed by atoms with Crippen molar-refractivity contribution < 1.29 is 8.83 Å². The van der Waals surface area contributed by atoms with Gasteiger partial charge in [0.2, 0.25) is 0 Å². The molecule has 4 aromatic heterocycles. The molecule has 0 radical (unpaired) electrons. The Labute approximate surface area is 290 Å². The van der Waals surface area contributed by atoms with Gasteiger partial charge in [-0.2, -0.15) is 0 Å². The standard InChI is InChI=1S/C45H26N4O2/c1-2-11-29(12-3-1)49-36-17-7-4-13-30(36)34-25-27(21-23-37(34)49)43-46-44(28-22-24-40-35(26-28)31-14-5-8-18-38(31)50-40)48-45(47-43)33-16-10-20-41-42(33)32-15-6-9-19-39(32)51-41/h1-26H. The van der Waals surface area contributed by atoms with E-state index in [1.165, 1.54) is 5.39 Å². The summed E-state index contributed by atoms with van der Waals surface area (Å²) >= 11 is 0. The molecule has 0 N–H and O–H groups in total. The van der Waals surface area contributed by atoms with Crippen LogP contribution in [0.15, 0.2) is 167 Å². The third-order valence-corrected chi connectivity index (χ3v) is 9.86. The number of benzene rings is 7. The molecule has 0 aliphatic carbocycles. The quantitative estimate of drug-likeness (QED) is 0.189. The number of fused-ring (bicyclic) bond motifs is 9. The Morgan fingerprint density at radius 2 is 0.941 bits per heavy atom. The second kappa shape index (κ2) is 10.7. The third kappa shape index (κ3) is 4.26. The molecule has 7 aromatic carbocycles.